The lowest BCUT2D eigenvalue weighted by Crippen LogP contribution is -2.40. The van der Waals surface area contributed by atoms with Gasteiger partial charge in [0.15, 0.2) is 0 Å². The van der Waals surface area contributed by atoms with Crippen LogP contribution in [0.5, 0.6) is 5.88 Å². The van der Waals surface area contributed by atoms with Gasteiger partial charge in [-0.25, -0.2) is 15.0 Å². The van der Waals surface area contributed by atoms with Gasteiger partial charge in [0, 0.05) is 24.6 Å². The molecule has 1 fully saturated rings. The largest absolute Gasteiger partial charge is 0.472 e. The summed E-state index contributed by atoms with van der Waals surface area (Å²) >= 11 is 1.46. The Kier molecular flexibility index (Phi) is 6.02. The molecule has 1 aliphatic carbocycles. The first-order chi connectivity index (χ1) is 12.7. The molecular formula is C18H19N5O2S. The Labute approximate surface area is 156 Å². The molecule has 7 nitrogen and oxygen atoms in total. The Morgan fingerprint density at radius 1 is 1.23 bits per heavy atom. The van der Waals surface area contributed by atoms with Crippen LogP contribution < -0.4 is 10.1 Å². The van der Waals surface area contributed by atoms with E-state index in [9.17, 15) is 4.79 Å². The number of ether oxygens (including phenoxy) is 1. The van der Waals surface area contributed by atoms with Crippen LogP contribution in [-0.2, 0) is 0 Å². The van der Waals surface area contributed by atoms with Crippen molar-refractivity contribution in [2.45, 2.75) is 42.9 Å². The van der Waals surface area contributed by atoms with E-state index >= 15 is 0 Å². The summed E-state index contributed by atoms with van der Waals surface area (Å²) in [7, 11) is 0. The summed E-state index contributed by atoms with van der Waals surface area (Å²) in [6.07, 6.45) is 9.76. The van der Waals surface area contributed by atoms with Gasteiger partial charge < -0.3 is 10.1 Å². The van der Waals surface area contributed by atoms with Crippen molar-refractivity contribution in [1.29, 1.82) is 5.26 Å². The Morgan fingerprint density at radius 2 is 2.00 bits per heavy atom. The van der Waals surface area contributed by atoms with E-state index in [1.54, 1.807) is 18.3 Å². The molecule has 0 aromatic carbocycles. The molecule has 1 amide bonds. The SMILES string of the molecule is CSc1ncccc1C(=O)NC1CCC(Oc2nccnc2C#N)CC1. The maximum atomic E-state index is 12.5. The molecule has 2 aromatic rings. The first kappa shape index (κ1) is 18.1. The molecule has 26 heavy (non-hydrogen) atoms. The number of nitrogens with zero attached hydrogens (tertiary/aromatic N) is 4. The van der Waals surface area contributed by atoms with Crippen molar-refractivity contribution in [2.75, 3.05) is 6.26 Å². The molecule has 2 heterocycles. The second-order valence-electron chi connectivity index (χ2n) is 5.95. The normalized spacial score (nSPS) is 19.4. The van der Waals surface area contributed by atoms with E-state index in [2.05, 4.69) is 20.3 Å². The summed E-state index contributed by atoms with van der Waals surface area (Å²) < 4.78 is 5.83. The van der Waals surface area contributed by atoms with Crippen LogP contribution in [0.1, 0.15) is 41.7 Å². The van der Waals surface area contributed by atoms with Crippen molar-refractivity contribution in [2.24, 2.45) is 0 Å². The first-order valence-electron chi connectivity index (χ1n) is 8.39. The van der Waals surface area contributed by atoms with E-state index in [1.807, 2.05) is 12.3 Å². The molecule has 1 N–H and O–H groups in total. The number of hydrogen-bond donors (Lipinski definition) is 1. The number of nitriles is 1. The molecule has 2 aromatic heterocycles. The Morgan fingerprint density at radius 3 is 2.73 bits per heavy atom. The number of nitrogens with one attached hydrogen (secondary N) is 1. The molecule has 8 heteroatoms. The number of rotatable bonds is 5. The van der Waals surface area contributed by atoms with Gasteiger partial charge in [0.1, 0.15) is 17.2 Å². The fraction of sp³-hybridized carbons (Fsp3) is 0.389. The third-order valence-corrected chi connectivity index (χ3v) is 4.98. The van der Waals surface area contributed by atoms with Gasteiger partial charge in [-0.05, 0) is 44.1 Å². The first-order valence-corrected chi connectivity index (χ1v) is 9.61. The smallest absolute Gasteiger partial charge is 0.254 e. The summed E-state index contributed by atoms with van der Waals surface area (Å²) in [5, 5.41) is 12.9. The van der Waals surface area contributed by atoms with Crippen LogP contribution in [0.25, 0.3) is 0 Å². The number of thioether (sulfide) groups is 1. The summed E-state index contributed by atoms with van der Waals surface area (Å²) in [6.45, 7) is 0. The summed E-state index contributed by atoms with van der Waals surface area (Å²) in [5.41, 5.74) is 0.806. The molecule has 134 valence electrons. The van der Waals surface area contributed by atoms with Gasteiger partial charge >= 0.3 is 0 Å². The van der Waals surface area contributed by atoms with Gasteiger partial charge in [0.2, 0.25) is 5.69 Å². The molecule has 1 saturated carbocycles. The number of amides is 1. The minimum absolute atomic E-state index is 0.0212. The molecule has 0 atom stereocenters. The average Bonchev–Trinajstić information content (AvgIpc) is 2.69. The quantitative estimate of drug-likeness (QED) is 0.808. The third-order valence-electron chi connectivity index (χ3n) is 4.27. The highest BCUT2D eigenvalue weighted by atomic mass is 32.2. The van der Waals surface area contributed by atoms with Crippen LogP contribution in [0.2, 0.25) is 0 Å². The van der Waals surface area contributed by atoms with Crippen molar-refractivity contribution in [3.63, 3.8) is 0 Å². The molecular weight excluding hydrogens is 350 g/mol. The summed E-state index contributed by atoms with van der Waals surface area (Å²) in [6, 6.07) is 5.65. The lowest BCUT2D eigenvalue weighted by Gasteiger charge is -2.29. The van der Waals surface area contributed by atoms with E-state index in [-0.39, 0.29) is 29.6 Å². The van der Waals surface area contributed by atoms with Crippen molar-refractivity contribution in [3.8, 4) is 11.9 Å². The number of carbonyl (C=O) groups is 1. The minimum Gasteiger partial charge on any atom is -0.472 e. The van der Waals surface area contributed by atoms with Crippen molar-refractivity contribution in [3.05, 3.63) is 42.0 Å². The number of aromatic nitrogens is 3. The summed E-state index contributed by atoms with van der Waals surface area (Å²) in [5.74, 6) is 0.190. The molecule has 0 radical (unpaired) electrons. The van der Waals surface area contributed by atoms with E-state index in [0.717, 1.165) is 30.7 Å². The van der Waals surface area contributed by atoms with Gasteiger partial charge in [0.25, 0.3) is 11.8 Å². The number of carbonyl (C=O) groups excluding carboxylic acids is 1. The monoisotopic (exact) mass is 369 g/mol. The molecule has 0 saturated heterocycles. The zero-order valence-corrected chi connectivity index (χ0v) is 15.2. The average molecular weight is 369 g/mol. The van der Waals surface area contributed by atoms with E-state index in [1.165, 1.54) is 24.2 Å². The maximum Gasteiger partial charge on any atom is 0.254 e. The van der Waals surface area contributed by atoms with Gasteiger partial charge in [0.05, 0.1) is 5.56 Å². The Hall–Kier alpha value is -2.66. The highest BCUT2D eigenvalue weighted by Gasteiger charge is 2.25. The van der Waals surface area contributed by atoms with Crippen LogP contribution in [-0.4, -0.2) is 39.3 Å². The lowest BCUT2D eigenvalue weighted by atomic mass is 9.92. The highest BCUT2D eigenvalue weighted by Crippen LogP contribution is 2.24. The fourth-order valence-electron chi connectivity index (χ4n) is 2.96. The molecule has 1 aliphatic rings. The van der Waals surface area contributed by atoms with Crippen LogP contribution >= 0.6 is 11.8 Å². The molecule has 0 spiro atoms. The van der Waals surface area contributed by atoms with Crippen molar-refractivity contribution in [1.82, 2.24) is 20.3 Å². The molecule has 0 aliphatic heterocycles. The Bertz CT molecular complexity index is 815. The minimum atomic E-state index is -0.0903. The summed E-state index contributed by atoms with van der Waals surface area (Å²) in [4.78, 5) is 24.8. The van der Waals surface area contributed by atoms with E-state index in [0.29, 0.717) is 5.56 Å². The molecule has 3 rings (SSSR count). The highest BCUT2D eigenvalue weighted by molar-refractivity contribution is 7.98. The van der Waals surface area contributed by atoms with E-state index < -0.39 is 0 Å². The van der Waals surface area contributed by atoms with Gasteiger partial charge in [-0.3, -0.25) is 4.79 Å². The van der Waals surface area contributed by atoms with E-state index in [4.69, 9.17) is 10.00 Å². The predicted molar refractivity (Wildman–Crippen MR) is 96.9 cm³/mol. The van der Waals surface area contributed by atoms with Crippen LogP contribution in [0.4, 0.5) is 0 Å². The van der Waals surface area contributed by atoms with Crippen LogP contribution in [0, 0.1) is 11.3 Å². The maximum absolute atomic E-state index is 12.5. The lowest BCUT2D eigenvalue weighted by molar-refractivity contribution is 0.0886. The third kappa shape index (κ3) is 4.29. The zero-order chi connectivity index (χ0) is 18.4. The van der Waals surface area contributed by atoms with Gasteiger partial charge in [-0.15, -0.1) is 11.8 Å². The van der Waals surface area contributed by atoms with Crippen LogP contribution in [0.15, 0.2) is 35.7 Å². The fourth-order valence-corrected chi connectivity index (χ4v) is 3.51. The number of hydrogen-bond acceptors (Lipinski definition) is 7. The van der Waals surface area contributed by atoms with Crippen molar-refractivity contribution >= 4 is 17.7 Å². The second kappa shape index (κ2) is 8.63. The topological polar surface area (TPSA) is 101 Å². The second-order valence-corrected chi connectivity index (χ2v) is 6.74. The van der Waals surface area contributed by atoms with Gasteiger partial charge in [-0.1, -0.05) is 0 Å². The van der Waals surface area contributed by atoms with Crippen LogP contribution in [0.3, 0.4) is 0 Å². The predicted octanol–water partition coefficient (Wildman–Crippen LogP) is 2.59. The standard InChI is InChI=1S/C18H19N5O2S/c1-26-18-14(3-2-8-22-18)16(24)23-12-4-6-13(7-5-12)25-17-15(11-19)20-9-10-21-17/h2-3,8-10,12-13H,4-7H2,1H3,(H,23,24). The zero-order valence-electron chi connectivity index (χ0n) is 14.4. The number of pyridine rings is 1. The van der Waals surface area contributed by atoms with Crippen molar-refractivity contribution < 1.29 is 9.53 Å². The molecule has 0 unspecified atom stereocenters. The van der Waals surface area contributed by atoms with Gasteiger partial charge in [-0.2, -0.15) is 5.26 Å². The molecule has 0 bridgehead atoms. The Balaban J connectivity index is 1.54.